The topological polar surface area (TPSA) is 47.7 Å². The van der Waals surface area contributed by atoms with Crippen LogP contribution in [0.5, 0.6) is 5.75 Å². The van der Waals surface area contributed by atoms with E-state index in [9.17, 15) is 0 Å². The van der Waals surface area contributed by atoms with Crippen LogP contribution in [-0.4, -0.2) is 38.8 Å². The standard InChI is InChI=1S/C16H26N2O2/c1-19-12-13-5-7-18(8-6-13)11-15-9-14(10-17)3-4-16(15)20-2/h3-4,9,13H,5-8,10-12,17H2,1-2H3. The SMILES string of the molecule is COCC1CCN(Cc2cc(CN)ccc2OC)CC1. The van der Waals surface area contributed by atoms with Gasteiger partial charge in [-0.05, 0) is 49.5 Å². The van der Waals surface area contributed by atoms with Crippen molar-refractivity contribution in [3.8, 4) is 5.75 Å². The molecule has 0 spiro atoms. The molecule has 1 aliphatic rings. The van der Waals surface area contributed by atoms with Gasteiger partial charge in [0.05, 0.1) is 7.11 Å². The second-order valence-corrected chi connectivity index (χ2v) is 5.53. The Bertz CT molecular complexity index is 415. The minimum absolute atomic E-state index is 0.576. The predicted octanol–water partition coefficient (Wildman–Crippen LogP) is 2.01. The van der Waals surface area contributed by atoms with Crippen LogP contribution in [-0.2, 0) is 17.8 Å². The highest BCUT2D eigenvalue weighted by Crippen LogP contribution is 2.24. The van der Waals surface area contributed by atoms with Crippen molar-refractivity contribution in [3.05, 3.63) is 29.3 Å². The van der Waals surface area contributed by atoms with Crippen LogP contribution in [0.2, 0.25) is 0 Å². The number of piperidine rings is 1. The summed E-state index contributed by atoms with van der Waals surface area (Å²) >= 11 is 0. The van der Waals surface area contributed by atoms with Gasteiger partial charge in [-0.2, -0.15) is 0 Å². The molecule has 2 N–H and O–H groups in total. The number of rotatable bonds is 6. The van der Waals surface area contributed by atoms with E-state index in [-0.39, 0.29) is 0 Å². The third-order valence-corrected chi connectivity index (χ3v) is 4.08. The van der Waals surface area contributed by atoms with E-state index in [0.29, 0.717) is 12.5 Å². The molecular formula is C16H26N2O2. The van der Waals surface area contributed by atoms with Crippen LogP contribution in [0.15, 0.2) is 18.2 Å². The van der Waals surface area contributed by atoms with Gasteiger partial charge in [0, 0.05) is 32.4 Å². The number of hydrogen-bond acceptors (Lipinski definition) is 4. The highest BCUT2D eigenvalue weighted by Gasteiger charge is 2.20. The Kier molecular flexibility index (Phi) is 5.83. The van der Waals surface area contributed by atoms with Crippen LogP contribution in [0.4, 0.5) is 0 Å². The van der Waals surface area contributed by atoms with Crippen LogP contribution in [0.25, 0.3) is 0 Å². The molecule has 1 aliphatic heterocycles. The zero-order chi connectivity index (χ0) is 14.4. The van der Waals surface area contributed by atoms with E-state index < -0.39 is 0 Å². The molecule has 1 aromatic carbocycles. The summed E-state index contributed by atoms with van der Waals surface area (Å²) in [5, 5.41) is 0. The number of nitrogens with two attached hydrogens (primary N) is 1. The third kappa shape index (κ3) is 3.95. The van der Waals surface area contributed by atoms with Crippen molar-refractivity contribution in [1.29, 1.82) is 0 Å². The summed E-state index contributed by atoms with van der Waals surface area (Å²) < 4.78 is 10.7. The lowest BCUT2D eigenvalue weighted by molar-refractivity contribution is 0.0965. The lowest BCUT2D eigenvalue weighted by atomic mass is 9.97. The summed E-state index contributed by atoms with van der Waals surface area (Å²) in [6, 6.07) is 6.22. The highest BCUT2D eigenvalue weighted by molar-refractivity contribution is 5.37. The van der Waals surface area contributed by atoms with Gasteiger partial charge in [0.15, 0.2) is 0 Å². The molecule has 1 fully saturated rings. The largest absolute Gasteiger partial charge is 0.496 e. The van der Waals surface area contributed by atoms with Crippen molar-refractivity contribution in [2.24, 2.45) is 11.7 Å². The number of benzene rings is 1. The Morgan fingerprint density at radius 3 is 2.60 bits per heavy atom. The summed E-state index contributed by atoms with van der Waals surface area (Å²) in [6.45, 7) is 4.66. The van der Waals surface area contributed by atoms with E-state index in [1.54, 1.807) is 14.2 Å². The van der Waals surface area contributed by atoms with Gasteiger partial charge in [0.2, 0.25) is 0 Å². The summed E-state index contributed by atoms with van der Waals surface area (Å²) in [5.41, 5.74) is 8.13. The van der Waals surface area contributed by atoms with Crippen LogP contribution in [0.3, 0.4) is 0 Å². The first kappa shape index (κ1) is 15.3. The molecule has 0 unspecified atom stereocenters. The monoisotopic (exact) mass is 278 g/mol. The first-order valence-corrected chi connectivity index (χ1v) is 7.34. The van der Waals surface area contributed by atoms with E-state index in [0.717, 1.165) is 37.6 Å². The Morgan fingerprint density at radius 2 is 2.00 bits per heavy atom. The van der Waals surface area contributed by atoms with Gasteiger partial charge in [-0.1, -0.05) is 6.07 Å². The Balaban J connectivity index is 1.96. The van der Waals surface area contributed by atoms with Crippen LogP contribution in [0.1, 0.15) is 24.0 Å². The van der Waals surface area contributed by atoms with E-state index in [1.807, 2.05) is 12.1 Å². The summed E-state index contributed by atoms with van der Waals surface area (Å²) in [7, 11) is 3.52. The molecular weight excluding hydrogens is 252 g/mol. The molecule has 1 heterocycles. The summed E-state index contributed by atoms with van der Waals surface area (Å²) in [5.74, 6) is 1.68. The van der Waals surface area contributed by atoms with Gasteiger partial charge in [-0.15, -0.1) is 0 Å². The third-order valence-electron chi connectivity index (χ3n) is 4.08. The van der Waals surface area contributed by atoms with E-state index in [2.05, 4.69) is 11.0 Å². The van der Waals surface area contributed by atoms with Crippen molar-refractivity contribution in [2.45, 2.75) is 25.9 Å². The molecule has 4 nitrogen and oxygen atoms in total. The lowest BCUT2D eigenvalue weighted by Crippen LogP contribution is -2.34. The number of ether oxygens (including phenoxy) is 2. The molecule has 0 saturated carbocycles. The van der Waals surface area contributed by atoms with Crippen LogP contribution < -0.4 is 10.5 Å². The Hall–Kier alpha value is -1.10. The second-order valence-electron chi connectivity index (χ2n) is 5.53. The highest BCUT2D eigenvalue weighted by atomic mass is 16.5. The fraction of sp³-hybridized carbons (Fsp3) is 0.625. The molecule has 0 radical (unpaired) electrons. The quantitative estimate of drug-likeness (QED) is 0.865. The van der Waals surface area contributed by atoms with Gasteiger partial charge in [0.1, 0.15) is 5.75 Å². The van der Waals surface area contributed by atoms with Crippen molar-refractivity contribution < 1.29 is 9.47 Å². The number of hydrogen-bond donors (Lipinski definition) is 1. The average molecular weight is 278 g/mol. The van der Waals surface area contributed by atoms with E-state index >= 15 is 0 Å². The van der Waals surface area contributed by atoms with Gasteiger partial charge in [0.25, 0.3) is 0 Å². The maximum absolute atomic E-state index is 5.73. The zero-order valence-electron chi connectivity index (χ0n) is 12.6. The smallest absolute Gasteiger partial charge is 0.123 e. The molecule has 20 heavy (non-hydrogen) atoms. The van der Waals surface area contributed by atoms with Crippen molar-refractivity contribution in [2.75, 3.05) is 33.9 Å². The van der Waals surface area contributed by atoms with Gasteiger partial charge >= 0.3 is 0 Å². The van der Waals surface area contributed by atoms with Gasteiger partial charge in [-0.3, -0.25) is 4.90 Å². The van der Waals surface area contributed by atoms with Crippen molar-refractivity contribution in [3.63, 3.8) is 0 Å². The molecule has 0 atom stereocenters. The Labute approximate surface area is 121 Å². The maximum atomic E-state index is 5.73. The van der Waals surface area contributed by atoms with Crippen LogP contribution >= 0.6 is 0 Å². The van der Waals surface area contributed by atoms with Crippen LogP contribution in [0, 0.1) is 5.92 Å². The van der Waals surface area contributed by atoms with Crippen molar-refractivity contribution >= 4 is 0 Å². The minimum atomic E-state index is 0.576. The molecule has 1 aromatic rings. The molecule has 4 heteroatoms. The van der Waals surface area contributed by atoms with E-state index in [4.69, 9.17) is 15.2 Å². The van der Waals surface area contributed by atoms with Gasteiger partial charge < -0.3 is 15.2 Å². The fourth-order valence-corrected chi connectivity index (χ4v) is 2.87. The molecule has 112 valence electrons. The number of likely N-dealkylation sites (tertiary alicyclic amines) is 1. The van der Waals surface area contributed by atoms with Gasteiger partial charge in [-0.25, -0.2) is 0 Å². The average Bonchev–Trinajstić information content (AvgIpc) is 2.49. The molecule has 2 rings (SSSR count). The maximum Gasteiger partial charge on any atom is 0.123 e. The molecule has 0 bridgehead atoms. The first-order chi connectivity index (χ1) is 9.76. The Morgan fingerprint density at radius 1 is 1.25 bits per heavy atom. The second kappa shape index (κ2) is 7.62. The fourth-order valence-electron chi connectivity index (χ4n) is 2.87. The first-order valence-electron chi connectivity index (χ1n) is 7.34. The molecule has 0 aromatic heterocycles. The summed E-state index contributed by atoms with van der Waals surface area (Å²) in [4.78, 5) is 2.49. The summed E-state index contributed by atoms with van der Waals surface area (Å²) in [6.07, 6.45) is 2.43. The predicted molar refractivity (Wildman–Crippen MR) is 80.8 cm³/mol. The van der Waals surface area contributed by atoms with E-state index in [1.165, 1.54) is 18.4 Å². The molecule has 0 amide bonds. The lowest BCUT2D eigenvalue weighted by Gasteiger charge is -2.32. The molecule has 1 saturated heterocycles. The normalized spacial score (nSPS) is 17.4. The number of methoxy groups -OCH3 is 2. The number of nitrogens with zero attached hydrogens (tertiary/aromatic N) is 1. The zero-order valence-corrected chi connectivity index (χ0v) is 12.6. The minimum Gasteiger partial charge on any atom is -0.496 e. The van der Waals surface area contributed by atoms with Crippen molar-refractivity contribution in [1.82, 2.24) is 4.90 Å². The molecule has 0 aliphatic carbocycles.